The molecule has 13 heteroatoms. The van der Waals surface area contributed by atoms with Crippen LogP contribution in [0.2, 0.25) is 0 Å². The number of aromatic nitrogens is 1. The number of rotatable bonds is 8. The van der Waals surface area contributed by atoms with Crippen LogP contribution in [0.5, 0.6) is 0 Å². The SMILES string of the molecule is O=C(Cc1cc(C(F)(F)F)ccn1)Cc1cc(S(=O)(=O)NCC(F)(F)F)ccc1C1CCCO1. The van der Waals surface area contributed by atoms with Gasteiger partial charge in [-0.2, -0.15) is 26.3 Å². The summed E-state index contributed by atoms with van der Waals surface area (Å²) >= 11 is 0. The van der Waals surface area contributed by atoms with Gasteiger partial charge in [-0.1, -0.05) is 6.07 Å². The van der Waals surface area contributed by atoms with Gasteiger partial charge in [-0.15, -0.1) is 0 Å². The first kappa shape index (κ1) is 26.1. The van der Waals surface area contributed by atoms with E-state index < -0.39 is 57.7 Å². The lowest BCUT2D eigenvalue weighted by molar-refractivity contribution is -0.137. The fourth-order valence-electron chi connectivity index (χ4n) is 3.53. The average molecular weight is 510 g/mol. The molecule has 0 saturated carbocycles. The number of benzene rings is 1. The minimum Gasteiger partial charge on any atom is -0.374 e. The highest BCUT2D eigenvalue weighted by atomic mass is 32.2. The van der Waals surface area contributed by atoms with E-state index in [1.54, 1.807) is 0 Å². The maximum Gasteiger partial charge on any atom is 0.416 e. The first-order chi connectivity index (χ1) is 15.7. The number of ether oxygens (including phenoxy) is 1. The standard InChI is InChI=1S/C21H20F6N2O4S/c22-20(23,24)12-29-34(31,32)17-3-4-18(19-2-1-7-33-19)13(9-17)8-16(30)11-15-10-14(5-6-28-15)21(25,26)27/h3-6,9-10,19,29H,1-2,7-8,11-12H2. The van der Waals surface area contributed by atoms with Crippen molar-refractivity contribution in [2.75, 3.05) is 13.2 Å². The molecule has 1 aliphatic heterocycles. The number of hydrogen-bond donors (Lipinski definition) is 1. The number of nitrogens with zero attached hydrogens (tertiary/aromatic N) is 1. The molecule has 6 nitrogen and oxygen atoms in total. The van der Waals surface area contributed by atoms with Gasteiger partial charge in [-0.25, -0.2) is 13.1 Å². The number of hydrogen-bond acceptors (Lipinski definition) is 5. The van der Waals surface area contributed by atoms with Crippen LogP contribution in [0.25, 0.3) is 0 Å². The molecule has 1 aromatic heterocycles. The van der Waals surface area contributed by atoms with E-state index in [0.29, 0.717) is 18.6 Å². The summed E-state index contributed by atoms with van der Waals surface area (Å²) in [5.74, 6) is -0.552. The third kappa shape index (κ3) is 7.00. The van der Waals surface area contributed by atoms with Gasteiger partial charge in [-0.3, -0.25) is 9.78 Å². The molecule has 0 spiro atoms. The zero-order chi connectivity index (χ0) is 25.1. The van der Waals surface area contributed by atoms with Crippen LogP contribution in [0.15, 0.2) is 41.4 Å². The molecule has 0 bridgehead atoms. The Balaban J connectivity index is 1.86. The average Bonchev–Trinajstić information content (AvgIpc) is 3.26. The van der Waals surface area contributed by atoms with Crippen molar-refractivity contribution >= 4 is 15.8 Å². The van der Waals surface area contributed by atoms with Gasteiger partial charge in [0.2, 0.25) is 10.0 Å². The Morgan fingerprint density at radius 3 is 2.44 bits per heavy atom. The Bertz CT molecular complexity index is 1140. The Labute approximate surface area is 191 Å². The van der Waals surface area contributed by atoms with Crippen molar-refractivity contribution in [3.8, 4) is 0 Å². The Kier molecular flexibility index (Phi) is 7.68. The molecule has 2 heterocycles. The smallest absolute Gasteiger partial charge is 0.374 e. The number of sulfonamides is 1. The summed E-state index contributed by atoms with van der Waals surface area (Å²) in [6.07, 6.45) is -8.37. The monoisotopic (exact) mass is 510 g/mol. The van der Waals surface area contributed by atoms with Crippen LogP contribution in [0.1, 0.15) is 41.3 Å². The van der Waals surface area contributed by atoms with Gasteiger partial charge < -0.3 is 4.74 Å². The fourth-order valence-corrected chi connectivity index (χ4v) is 4.59. The maximum absolute atomic E-state index is 12.9. The van der Waals surface area contributed by atoms with Gasteiger partial charge in [0.05, 0.1) is 16.6 Å². The molecule has 34 heavy (non-hydrogen) atoms. The number of carbonyl (C=O) groups excluding carboxylic acids is 1. The van der Waals surface area contributed by atoms with Crippen molar-refractivity contribution in [2.24, 2.45) is 0 Å². The van der Waals surface area contributed by atoms with E-state index in [0.717, 1.165) is 36.9 Å². The quantitative estimate of drug-likeness (QED) is 0.540. The number of alkyl halides is 6. The molecule has 1 saturated heterocycles. The van der Waals surface area contributed by atoms with Gasteiger partial charge >= 0.3 is 12.4 Å². The molecule has 1 aliphatic rings. The van der Waals surface area contributed by atoms with E-state index in [2.05, 4.69) is 4.98 Å². The predicted octanol–water partition coefficient (Wildman–Crippen LogP) is 4.15. The summed E-state index contributed by atoms with van der Waals surface area (Å²) in [5.41, 5.74) is -0.375. The van der Waals surface area contributed by atoms with Crippen molar-refractivity contribution in [1.82, 2.24) is 9.71 Å². The zero-order valence-electron chi connectivity index (χ0n) is 17.5. The summed E-state index contributed by atoms with van der Waals surface area (Å²) in [6, 6.07) is 5.11. The molecule has 2 aromatic rings. The maximum atomic E-state index is 12.9. The van der Waals surface area contributed by atoms with Gasteiger partial charge in [0.25, 0.3) is 0 Å². The summed E-state index contributed by atoms with van der Waals surface area (Å²) < 4.78 is 108. The molecule has 186 valence electrons. The summed E-state index contributed by atoms with van der Waals surface area (Å²) in [5, 5.41) is 0. The second kappa shape index (κ2) is 10.0. The minimum absolute atomic E-state index is 0.117. The second-order valence-electron chi connectivity index (χ2n) is 7.73. The van der Waals surface area contributed by atoms with Crippen molar-refractivity contribution in [3.63, 3.8) is 0 Å². The second-order valence-corrected chi connectivity index (χ2v) is 9.49. The highest BCUT2D eigenvalue weighted by molar-refractivity contribution is 7.89. The normalized spacial score (nSPS) is 17.2. The lowest BCUT2D eigenvalue weighted by atomic mass is 9.95. The van der Waals surface area contributed by atoms with Crippen molar-refractivity contribution in [3.05, 3.63) is 58.9 Å². The van der Waals surface area contributed by atoms with Crippen LogP contribution in [-0.4, -0.2) is 38.5 Å². The largest absolute Gasteiger partial charge is 0.416 e. The molecular weight excluding hydrogens is 490 g/mol. The molecule has 1 unspecified atom stereocenters. The van der Waals surface area contributed by atoms with Gasteiger partial charge in [-0.05, 0) is 48.2 Å². The van der Waals surface area contributed by atoms with Crippen LogP contribution in [0.3, 0.4) is 0 Å². The van der Waals surface area contributed by atoms with Gasteiger partial charge in [0, 0.05) is 31.3 Å². The molecule has 0 radical (unpaired) electrons. The minimum atomic E-state index is -4.76. The number of ketones is 1. The lowest BCUT2D eigenvalue weighted by Gasteiger charge is -2.17. The number of pyridine rings is 1. The van der Waals surface area contributed by atoms with Crippen molar-refractivity contribution < 1.29 is 44.3 Å². The number of carbonyl (C=O) groups is 1. The summed E-state index contributed by atoms with van der Waals surface area (Å²) in [6.45, 7) is -1.32. The number of Topliss-reactive ketones (excluding diaryl/α,β-unsaturated/α-hetero) is 1. The molecule has 1 aromatic carbocycles. The van der Waals surface area contributed by atoms with Crippen LogP contribution < -0.4 is 4.72 Å². The number of nitrogens with one attached hydrogen (secondary N) is 1. The summed E-state index contributed by atoms with van der Waals surface area (Å²) in [4.78, 5) is 16.0. The van der Waals surface area contributed by atoms with Crippen LogP contribution in [0.4, 0.5) is 26.3 Å². The first-order valence-corrected chi connectivity index (χ1v) is 11.6. The molecule has 1 N–H and O–H groups in total. The van der Waals surface area contributed by atoms with E-state index in [4.69, 9.17) is 4.74 Å². The van der Waals surface area contributed by atoms with E-state index in [-0.39, 0.29) is 17.7 Å². The van der Waals surface area contributed by atoms with E-state index in [9.17, 15) is 39.6 Å². The molecule has 0 amide bonds. The highest BCUT2D eigenvalue weighted by Gasteiger charge is 2.32. The van der Waals surface area contributed by atoms with E-state index in [1.807, 2.05) is 0 Å². The molecule has 1 atom stereocenters. The molecule has 0 aliphatic carbocycles. The van der Waals surface area contributed by atoms with E-state index >= 15 is 0 Å². The molecular formula is C21H20F6N2O4S. The zero-order valence-corrected chi connectivity index (χ0v) is 18.4. The molecule has 1 fully saturated rings. The Hall–Kier alpha value is -2.51. The lowest BCUT2D eigenvalue weighted by Crippen LogP contribution is -2.33. The Morgan fingerprint density at radius 2 is 1.82 bits per heavy atom. The Morgan fingerprint density at radius 1 is 1.09 bits per heavy atom. The van der Waals surface area contributed by atoms with Crippen molar-refractivity contribution in [2.45, 2.75) is 49.0 Å². The first-order valence-electron chi connectivity index (χ1n) is 10.1. The predicted molar refractivity (Wildman–Crippen MR) is 107 cm³/mol. The third-order valence-electron chi connectivity index (χ3n) is 5.07. The summed E-state index contributed by atoms with van der Waals surface area (Å²) in [7, 11) is -4.53. The molecule has 3 rings (SSSR count). The topological polar surface area (TPSA) is 85.4 Å². The fraction of sp³-hybridized carbons (Fsp3) is 0.429. The van der Waals surface area contributed by atoms with Crippen molar-refractivity contribution in [1.29, 1.82) is 0 Å². The van der Waals surface area contributed by atoms with Gasteiger partial charge in [0.1, 0.15) is 12.3 Å². The highest BCUT2D eigenvalue weighted by Crippen LogP contribution is 2.33. The number of halogens is 6. The van der Waals surface area contributed by atoms with E-state index in [1.165, 1.54) is 10.8 Å². The van der Waals surface area contributed by atoms with Crippen LogP contribution >= 0.6 is 0 Å². The van der Waals surface area contributed by atoms with Crippen LogP contribution in [0, 0.1) is 0 Å². The van der Waals surface area contributed by atoms with Crippen LogP contribution in [-0.2, 0) is 38.6 Å². The third-order valence-corrected chi connectivity index (χ3v) is 6.47. The van der Waals surface area contributed by atoms with Gasteiger partial charge in [0.15, 0.2) is 0 Å².